The predicted octanol–water partition coefficient (Wildman–Crippen LogP) is 0.274. The van der Waals surface area contributed by atoms with Crippen LogP contribution in [0, 0.1) is 0 Å². The van der Waals surface area contributed by atoms with E-state index in [1.54, 1.807) is 0 Å². The largest absolute Gasteiger partial charge is 0.483 e. The summed E-state index contributed by atoms with van der Waals surface area (Å²) in [5.41, 5.74) is 1.08. The SMILES string of the molecule is O=C(O)CN1C[C@@H]2OCCC(=O)N(Cc3ccccc3)[C@H]2C1.O=CO. The van der Waals surface area contributed by atoms with Gasteiger partial charge in [-0.1, -0.05) is 30.3 Å². The fourth-order valence-electron chi connectivity index (χ4n) is 3.23. The van der Waals surface area contributed by atoms with E-state index in [1.165, 1.54) is 0 Å². The van der Waals surface area contributed by atoms with Gasteiger partial charge in [-0.3, -0.25) is 19.3 Å². The van der Waals surface area contributed by atoms with Gasteiger partial charge < -0.3 is 19.8 Å². The van der Waals surface area contributed by atoms with Crippen LogP contribution in [0.15, 0.2) is 30.3 Å². The van der Waals surface area contributed by atoms with Crippen molar-refractivity contribution >= 4 is 18.3 Å². The number of fused-ring (bicyclic) bond motifs is 1. The van der Waals surface area contributed by atoms with Crippen molar-refractivity contribution in [2.45, 2.75) is 25.1 Å². The average molecular weight is 350 g/mol. The van der Waals surface area contributed by atoms with E-state index < -0.39 is 5.97 Å². The Hall–Kier alpha value is -2.45. The van der Waals surface area contributed by atoms with Crippen LogP contribution in [-0.4, -0.2) is 76.7 Å². The Balaban J connectivity index is 0.000000701. The van der Waals surface area contributed by atoms with E-state index in [2.05, 4.69) is 0 Å². The summed E-state index contributed by atoms with van der Waals surface area (Å²) in [5, 5.41) is 15.8. The van der Waals surface area contributed by atoms with Crippen molar-refractivity contribution in [2.24, 2.45) is 0 Å². The molecule has 136 valence electrons. The van der Waals surface area contributed by atoms with Crippen molar-refractivity contribution in [1.82, 2.24) is 9.80 Å². The molecule has 0 spiro atoms. The van der Waals surface area contributed by atoms with Crippen molar-refractivity contribution in [3.8, 4) is 0 Å². The van der Waals surface area contributed by atoms with Crippen molar-refractivity contribution in [2.75, 3.05) is 26.2 Å². The van der Waals surface area contributed by atoms with Crippen LogP contribution >= 0.6 is 0 Å². The maximum absolute atomic E-state index is 12.4. The molecule has 2 fully saturated rings. The number of aliphatic carboxylic acids is 1. The van der Waals surface area contributed by atoms with Crippen LogP contribution in [0.4, 0.5) is 0 Å². The third-order valence-corrected chi connectivity index (χ3v) is 4.24. The Morgan fingerprint density at radius 1 is 1.28 bits per heavy atom. The summed E-state index contributed by atoms with van der Waals surface area (Å²) in [5.74, 6) is -0.772. The van der Waals surface area contributed by atoms with Gasteiger partial charge in [-0.15, -0.1) is 0 Å². The van der Waals surface area contributed by atoms with E-state index in [-0.39, 0.29) is 31.1 Å². The van der Waals surface area contributed by atoms with Crippen molar-refractivity contribution in [3.05, 3.63) is 35.9 Å². The molecule has 0 aliphatic carbocycles. The van der Waals surface area contributed by atoms with Crippen LogP contribution in [0.3, 0.4) is 0 Å². The molecule has 8 nitrogen and oxygen atoms in total. The van der Waals surface area contributed by atoms with Crippen LogP contribution in [0.5, 0.6) is 0 Å². The van der Waals surface area contributed by atoms with Gasteiger partial charge in [-0.25, -0.2) is 0 Å². The van der Waals surface area contributed by atoms with Gasteiger partial charge in [-0.05, 0) is 5.56 Å². The summed E-state index contributed by atoms with van der Waals surface area (Å²) in [7, 11) is 0. The van der Waals surface area contributed by atoms with Crippen LogP contribution < -0.4 is 0 Å². The molecule has 0 saturated carbocycles. The molecule has 0 radical (unpaired) electrons. The molecule has 2 N–H and O–H groups in total. The highest BCUT2D eigenvalue weighted by molar-refractivity contribution is 5.77. The molecule has 2 saturated heterocycles. The molecule has 2 atom stereocenters. The lowest BCUT2D eigenvalue weighted by atomic mass is 10.1. The summed E-state index contributed by atoms with van der Waals surface area (Å²) in [6, 6.07) is 9.78. The first kappa shape index (κ1) is 18.9. The summed E-state index contributed by atoms with van der Waals surface area (Å²) in [4.78, 5) is 35.4. The van der Waals surface area contributed by atoms with Gasteiger partial charge in [0.15, 0.2) is 0 Å². The van der Waals surface area contributed by atoms with Crippen LogP contribution in [-0.2, 0) is 25.7 Å². The topological polar surface area (TPSA) is 107 Å². The summed E-state index contributed by atoms with van der Waals surface area (Å²) < 4.78 is 5.78. The standard InChI is InChI=1S/C16H20N2O4.CH2O2/c19-15-6-7-22-14-10-17(11-16(20)21)9-13(14)18(15)8-12-4-2-1-3-5-12;2-1-3/h1-5,13-14H,6-11H2,(H,20,21);1H,(H,2,3)/t13-,14-;/m0./s1. The molecule has 25 heavy (non-hydrogen) atoms. The van der Waals surface area contributed by atoms with Crippen LogP contribution in [0.2, 0.25) is 0 Å². The second kappa shape index (κ2) is 9.14. The number of carboxylic acids is 1. The maximum Gasteiger partial charge on any atom is 0.317 e. The van der Waals surface area contributed by atoms with Crippen molar-refractivity contribution in [3.63, 3.8) is 0 Å². The maximum atomic E-state index is 12.4. The Morgan fingerprint density at radius 2 is 1.96 bits per heavy atom. The van der Waals surface area contributed by atoms with Crippen LogP contribution in [0.1, 0.15) is 12.0 Å². The molecule has 1 aromatic rings. The number of carbonyl (C=O) groups is 3. The number of hydrogen-bond acceptors (Lipinski definition) is 5. The molecule has 3 rings (SSSR count). The zero-order valence-corrected chi connectivity index (χ0v) is 13.8. The molecular formula is C17H22N2O6. The monoisotopic (exact) mass is 350 g/mol. The van der Waals surface area contributed by atoms with Gasteiger partial charge in [-0.2, -0.15) is 0 Å². The molecule has 0 aromatic heterocycles. The molecule has 1 aromatic carbocycles. The van der Waals surface area contributed by atoms with Crippen LogP contribution in [0.25, 0.3) is 0 Å². The number of rotatable bonds is 4. The molecular weight excluding hydrogens is 328 g/mol. The van der Waals surface area contributed by atoms with E-state index in [4.69, 9.17) is 19.7 Å². The minimum atomic E-state index is -0.850. The lowest BCUT2D eigenvalue weighted by Gasteiger charge is -2.29. The fraction of sp³-hybridized carbons (Fsp3) is 0.471. The minimum absolute atomic E-state index is 0.0102. The van der Waals surface area contributed by atoms with Gasteiger partial charge in [0.1, 0.15) is 0 Å². The van der Waals surface area contributed by atoms with Crippen molar-refractivity contribution < 1.29 is 29.3 Å². The van der Waals surface area contributed by atoms with Gasteiger partial charge in [0.2, 0.25) is 5.91 Å². The fourth-order valence-corrected chi connectivity index (χ4v) is 3.23. The zero-order valence-electron chi connectivity index (χ0n) is 13.8. The third kappa shape index (κ3) is 5.27. The number of ether oxygens (including phenoxy) is 1. The number of benzene rings is 1. The summed E-state index contributed by atoms with van der Waals surface area (Å²) in [6.45, 7) is 1.81. The zero-order chi connectivity index (χ0) is 18.2. The lowest BCUT2D eigenvalue weighted by molar-refractivity contribution is -0.138. The number of likely N-dealkylation sites (tertiary alicyclic amines) is 1. The molecule has 2 heterocycles. The first-order valence-corrected chi connectivity index (χ1v) is 8.02. The second-order valence-corrected chi connectivity index (χ2v) is 5.93. The first-order chi connectivity index (χ1) is 12.0. The smallest absolute Gasteiger partial charge is 0.317 e. The number of carboxylic acid groups (broad SMARTS) is 2. The Kier molecular flexibility index (Phi) is 6.91. The number of hydrogen-bond donors (Lipinski definition) is 2. The van der Waals surface area contributed by atoms with E-state index in [0.717, 1.165) is 5.56 Å². The van der Waals surface area contributed by atoms with Crippen molar-refractivity contribution in [1.29, 1.82) is 0 Å². The van der Waals surface area contributed by atoms with E-state index in [1.807, 2.05) is 40.1 Å². The predicted molar refractivity (Wildman–Crippen MR) is 87.9 cm³/mol. The molecule has 8 heteroatoms. The number of carbonyl (C=O) groups excluding carboxylic acids is 1. The third-order valence-electron chi connectivity index (χ3n) is 4.24. The van der Waals surface area contributed by atoms with E-state index in [0.29, 0.717) is 32.7 Å². The molecule has 0 unspecified atom stereocenters. The average Bonchev–Trinajstić information content (AvgIpc) is 2.89. The van der Waals surface area contributed by atoms with E-state index >= 15 is 0 Å². The highest BCUT2D eigenvalue weighted by Crippen LogP contribution is 2.24. The normalized spacial score (nSPS) is 23.2. The molecule has 2 aliphatic rings. The highest BCUT2D eigenvalue weighted by atomic mass is 16.5. The Bertz CT molecular complexity index is 594. The minimum Gasteiger partial charge on any atom is -0.483 e. The highest BCUT2D eigenvalue weighted by Gasteiger charge is 2.41. The van der Waals surface area contributed by atoms with Gasteiger partial charge in [0.05, 0.1) is 31.7 Å². The second-order valence-electron chi connectivity index (χ2n) is 5.93. The quantitative estimate of drug-likeness (QED) is 0.751. The molecule has 2 aliphatic heterocycles. The molecule has 1 amide bonds. The summed E-state index contributed by atoms with van der Waals surface area (Å²) in [6.07, 6.45) is 0.285. The van der Waals surface area contributed by atoms with Gasteiger partial charge in [0.25, 0.3) is 6.47 Å². The first-order valence-electron chi connectivity index (χ1n) is 8.02. The number of amides is 1. The number of nitrogens with zero attached hydrogens (tertiary/aromatic N) is 2. The Labute approximate surface area is 145 Å². The molecule has 0 bridgehead atoms. The van der Waals surface area contributed by atoms with E-state index in [9.17, 15) is 9.59 Å². The van der Waals surface area contributed by atoms with Gasteiger partial charge >= 0.3 is 5.97 Å². The summed E-state index contributed by atoms with van der Waals surface area (Å²) >= 11 is 0. The van der Waals surface area contributed by atoms with Gasteiger partial charge in [0, 0.05) is 19.6 Å². The Morgan fingerprint density at radius 3 is 2.60 bits per heavy atom. The lowest BCUT2D eigenvalue weighted by Crippen LogP contribution is -2.45.